The van der Waals surface area contributed by atoms with Crippen LogP contribution in [0, 0.1) is 0 Å². The third kappa shape index (κ3) is 3.74. The summed E-state index contributed by atoms with van der Waals surface area (Å²) in [6.07, 6.45) is -0.827. The van der Waals surface area contributed by atoms with Crippen LogP contribution in [0.4, 0.5) is 10.5 Å². The molecule has 1 aliphatic carbocycles. The highest BCUT2D eigenvalue weighted by atomic mass is 32.2. The lowest BCUT2D eigenvalue weighted by Crippen LogP contribution is -2.19. The monoisotopic (exact) mass is 425 g/mol. The number of amides is 1. The van der Waals surface area contributed by atoms with Crippen LogP contribution in [0.3, 0.4) is 0 Å². The highest BCUT2D eigenvalue weighted by molar-refractivity contribution is 7.86. The van der Waals surface area contributed by atoms with Crippen molar-refractivity contribution in [3.63, 3.8) is 0 Å². The van der Waals surface area contributed by atoms with Gasteiger partial charge in [0.05, 0.1) is 12.8 Å². The van der Waals surface area contributed by atoms with Crippen molar-refractivity contribution in [2.45, 2.75) is 10.8 Å². The van der Waals surface area contributed by atoms with Crippen molar-refractivity contribution in [2.75, 3.05) is 19.0 Å². The van der Waals surface area contributed by atoms with Gasteiger partial charge >= 0.3 is 6.09 Å². The summed E-state index contributed by atoms with van der Waals surface area (Å²) in [4.78, 5) is 11.9. The fraction of sp³-hybridized carbons (Fsp3) is 0.136. The van der Waals surface area contributed by atoms with Crippen LogP contribution in [0.5, 0.6) is 5.75 Å². The topological polar surface area (TPSA) is 102 Å². The average molecular weight is 425 g/mol. The normalized spacial score (nSPS) is 12.7. The molecule has 1 amide bonds. The maximum Gasteiger partial charge on any atom is 0.411 e. The predicted molar refractivity (Wildman–Crippen MR) is 112 cm³/mol. The van der Waals surface area contributed by atoms with Gasteiger partial charge in [0.15, 0.2) is 0 Å². The molecule has 0 heterocycles. The van der Waals surface area contributed by atoms with Gasteiger partial charge in [0.25, 0.3) is 10.1 Å². The molecule has 1 aliphatic rings. The Morgan fingerprint density at radius 1 is 1.00 bits per heavy atom. The molecule has 8 heteroatoms. The van der Waals surface area contributed by atoms with E-state index in [1.165, 1.54) is 19.2 Å². The van der Waals surface area contributed by atoms with Gasteiger partial charge in [-0.25, -0.2) is 4.79 Å². The molecule has 0 aliphatic heterocycles. The minimum Gasteiger partial charge on any atom is -0.497 e. The van der Waals surface area contributed by atoms with Crippen molar-refractivity contribution >= 4 is 21.9 Å². The maximum atomic E-state index is 12.4. The van der Waals surface area contributed by atoms with Gasteiger partial charge in [-0.2, -0.15) is 8.42 Å². The van der Waals surface area contributed by atoms with E-state index < -0.39 is 21.1 Å². The van der Waals surface area contributed by atoms with Crippen molar-refractivity contribution in [3.8, 4) is 16.9 Å². The average Bonchev–Trinajstić information content (AvgIpc) is 3.05. The van der Waals surface area contributed by atoms with Crippen LogP contribution in [0.15, 0.2) is 71.6 Å². The molecule has 0 fully saturated rings. The Balaban J connectivity index is 1.53. The largest absolute Gasteiger partial charge is 0.497 e. The maximum absolute atomic E-state index is 12.4. The number of nitrogens with one attached hydrogen (secondary N) is 1. The summed E-state index contributed by atoms with van der Waals surface area (Å²) in [5.74, 6) is 0.0979. The van der Waals surface area contributed by atoms with E-state index in [4.69, 9.17) is 9.47 Å². The molecule has 154 valence electrons. The number of carbonyl (C=O) groups excluding carboxylic acids is 1. The number of methoxy groups -OCH3 is 1. The third-order valence-corrected chi connectivity index (χ3v) is 5.94. The molecule has 0 spiro atoms. The van der Waals surface area contributed by atoms with Crippen molar-refractivity contribution in [2.24, 2.45) is 0 Å². The van der Waals surface area contributed by atoms with E-state index in [2.05, 4.69) is 5.32 Å². The van der Waals surface area contributed by atoms with Crippen LogP contribution in [0.1, 0.15) is 17.0 Å². The van der Waals surface area contributed by atoms with E-state index in [1.54, 1.807) is 0 Å². The van der Waals surface area contributed by atoms with E-state index in [0.29, 0.717) is 0 Å². The molecular formula is C22H19NO6S. The van der Waals surface area contributed by atoms with Crippen molar-refractivity contribution in [1.82, 2.24) is 0 Å². The van der Waals surface area contributed by atoms with Gasteiger partial charge in [0.1, 0.15) is 17.3 Å². The lowest BCUT2D eigenvalue weighted by Gasteiger charge is -2.15. The first-order chi connectivity index (χ1) is 14.4. The minimum atomic E-state index is -4.57. The zero-order chi connectivity index (χ0) is 21.3. The van der Waals surface area contributed by atoms with E-state index in [0.717, 1.165) is 28.3 Å². The van der Waals surface area contributed by atoms with Crippen LogP contribution in [-0.2, 0) is 14.9 Å². The number of fused-ring (bicyclic) bond motifs is 3. The van der Waals surface area contributed by atoms with Gasteiger partial charge in [0, 0.05) is 12.0 Å². The standard InChI is InChI=1S/C22H19NO6S/c1-28-14-10-11-20(21(12-14)30(25,26)27)23-22(24)29-13-19-17-8-4-2-6-15(17)16-7-3-5-9-18(16)19/h2-12,19H,13H2,1H3,(H,23,24)(H,25,26,27). The lowest BCUT2D eigenvalue weighted by atomic mass is 9.98. The van der Waals surface area contributed by atoms with Crippen LogP contribution < -0.4 is 10.1 Å². The smallest absolute Gasteiger partial charge is 0.411 e. The Kier molecular flexibility index (Phi) is 5.19. The molecule has 0 radical (unpaired) electrons. The Labute approximate surface area is 174 Å². The van der Waals surface area contributed by atoms with Crippen molar-refractivity contribution in [1.29, 1.82) is 0 Å². The molecule has 3 aromatic carbocycles. The molecule has 0 saturated heterocycles. The first-order valence-electron chi connectivity index (χ1n) is 9.16. The molecule has 0 unspecified atom stereocenters. The fourth-order valence-corrected chi connectivity index (χ4v) is 4.35. The van der Waals surface area contributed by atoms with Crippen molar-refractivity contribution < 1.29 is 27.2 Å². The number of hydrogen-bond acceptors (Lipinski definition) is 5. The van der Waals surface area contributed by atoms with Gasteiger partial charge < -0.3 is 9.47 Å². The van der Waals surface area contributed by atoms with Gasteiger partial charge in [-0.15, -0.1) is 0 Å². The lowest BCUT2D eigenvalue weighted by molar-refractivity contribution is 0.158. The molecular weight excluding hydrogens is 406 g/mol. The number of hydrogen-bond donors (Lipinski definition) is 2. The van der Waals surface area contributed by atoms with E-state index in [9.17, 15) is 17.8 Å². The summed E-state index contributed by atoms with van der Waals surface area (Å²) in [5, 5.41) is 2.38. The molecule has 0 bridgehead atoms. The van der Waals surface area contributed by atoms with E-state index in [1.807, 2.05) is 48.5 Å². The Morgan fingerprint density at radius 3 is 2.17 bits per heavy atom. The molecule has 0 atom stereocenters. The Hall–Kier alpha value is -3.36. The number of benzene rings is 3. The second-order valence-corrected chi connectivity index (χ2v) is 8.18. The zero-order valence-corrected chi connectivity index (χ0v) is 16.8. The first kappa shape index (κ1) is 19.9. The molecule has 3 aromatic rings. The quantitative estimate of drug-likeness (QED) is 0.591. The number of rotatable bonds is 5. The molecule has 2 N–H and O–H groups in total. The second kappa shape index (κ2) is 7.81. The Morgan fingerprint density at radius 2 is 1.60 bits per heavy atom. The number of anilines is 1. The zero-order valence-electron chi connectivity index (χ0n) is 16.0. The SMILES string of the molecule is COc1ccc(NC(=O)OCC2c3ccccc3-c3ccccc32)c(S(=O)(=O)O)c1. The molecule has 7 nitrogen and oxygen atoms in total. The Bertz CT molecular complexity index is 1180. The van der Waals surface area contributed by atoms with Gasteiger partial charge in [-0.3, -0.25) is 9.87 Å². The third-order valence-electron chi connectivity index (χ3n) is 5.05. The van der Waals surface area contributed by atoms with Gasteiger partial charge in [0.2, 0.25) is 0 Å². The summed E-state index contributed by atoms with van der Waals surface area (Å²) in [7, 11) is -3.21. The summed E-state index contributed by atoms with van der Waals surface area (Å²) in [5.41, 5.74) is 4.23. The molecule has 30 heavy (non-hydrogen) atoms. The van der Waals surface area contributed by atoms with Crippen LogP contribution >= 0.6 is 0 Å². The van der Waals surface area contributed by atoms with Crippen LogP contribution in [0.25, 0.3) is 11.1 Å². The second-order valence-electron chi connectivity index (χ2n) is 6.79. The van der Waals surface area contributed by atoms with Crippen molar-refractivity contribution in [3.05, 3.63) is 77.9 Å². The predicted octanol–water partition coefficient (Wildman–Crippen LogP) is 4.30. The fourth-order valence-electron chi connectivity index (χ4n) is 3.69. The number of carbonyl (C=O) groups is 1. The summed E-state index contributed by atoms with van der Waals surface area (Å²) in [6.45, 7) is 0.0806. The number of ether oxygens (including phenoxy) is 2. The van der Waals surface area contributed by atoms with Gasteiger partial charge in [-0.1, -0.05) is 48.5 Å². The summed E-state index contributed by atoms with van der Waals surface area (Å²) >= 11 is 0. The highest BCUT2D eigenvalue weighted by Crippen LogP contribution is 2.44. The van der Waals surface area contributed by atoms with E-state index in [-0.39, 0.29) is 24.0 Å². The highest BCUT2D eigenvalue weighted by Gasteiger charge is 2.29. The first-order valence-corrected chi connectivity index (χ1v) is 10.6. The van der Waals surface area contributed by atoms with Crippen LogP contribution in [-0.4, -0.2) is 32.8 Å². The molecule has 0 aromatic heterocycles. The van der Waals surface area contributed by atoms with Crippen LogP contribution in [0.2, 0.25) is 0 Å². The molecule has 4 rings (SSSR count). The molecule has 0 saturated carbocycles. The summed E-state index contributed by atoms with van der Waals surface area (Å²) < 4.78 is 43.1. The van der Waals surface area contributed by atoms with E-state index >= 15 is 0 Å². The summed E-state index contributed by atoms with van der Waals surface area (Å²) in [6, 6.07) is 19.8. The van der Waals surface area contributed by atoms with Gasteiger partial charge in [-0.05, 0) is 34.4 Å². The minimum absolute atomic E-state index is 0.0806.